The zero-order chi connectivity index (χ0) is 13.4. The summed E-state index contributed by atoms with van der Waals surface area (Å²) in [5.74, 6) is 0.647. The van der Waals surface area contributed by atoms with Gasteiger partial charge in [0.2, 0.25) is 0 Å². The first kappa shape index (κ1) is 14.4. The first-order valence-electron chi connectivity index (χ1n) is 5.85. The summed E-state index contributed by atoms with van der Waals surface area (Å²) in [6.07, 6.45) is 2.87. The van der Waals surface area contributed by atoms with Gasteiger partial charge in [-0.25, -0.2) is 14.8 Å². The average Bonchev–Trinajstić information content (AvgIpc) is 2.38. The zero-order valence-electron chi connectivity index (χ0n) is 11.0. The number of nitrogens with zero attached hydrogens (tertiary/aromatic N) is 2. The molecular weight excluding hydrogens is 234 g/mol. The second-order valence-electron chi connectivity index (χ2n) is 4.17. The number of ether oxygens (including phenoxy) is 2. The Morgan fingerprint density at radius 1 is 1.39 bits per heavy atom. The Balaban J connectivity index is 2.29. The number of anilines is 1. The molecule has 0 aliphatic heterocycles. The third-order valence-corrected chi connectivity index (χ3v) is 2.05. The Morgan fingerprint density at radius 2 is 2.17 bits per heavy atom. The lowest BCUT2D eigenvalue weighted by Crippen LogP contribution is -2.13. The molecule has 1 aromatic heterocycles. The van der Waals surface area contributed by atoms with E-state index in [0.29, 0.717) is 24.9 Å². The van der Waals surface area contributed by atoms with Crippen LogP contribution in [0, 0.1) is 5.92 Å². The highest BCUT2D eigenvalue weighted by molar-refractivity contribution is 5.86. The maximum absolute atomic E-state index is 11.1. The van der Waals surface area contributed by atoms with Crippen molar-refractivity contribution in [2.24, 2.45) is 5.92 Å². The van der Waals surface area contributed by atoms with Crippen LogP contribution in [0.4, 0.5) is 5.82 Å². The van der Waals surface area contributed by atoms with Crippen molar-refractivity contribution in [3.8, 4) is 0 Å². The van der Waals surface area contributed by atoms with Crippen LogP contribution < -0.4 is 5.32 Å². The number of hydrogen-bond acceptors (Lipinski definition) is 6. The second-order valence-corrected chi connectivity index (χ2v) is 4.17. The van der Waals surface area contributed by atoms with Crippen molar-refractivity contribution in [3.05, 3.63) is 18.1 Å². The molecule has 0 fully saturated rings. The lowest BCUT2D eigenvalue weighted by atomic mass is 10.2. The van der Waals surface area contributed by atoms with E-state index in [-0.39, 0.29) is 5.69 Å². The van der Waals surface area contributed by atoms with E-state index in [9.17, 15) is 4.79 Å². The van der Waals surface area contributed by atoms with Gasteiger partial charge in [-0.2, -0.15) is 0 Å². The molecule has 1 aromatic rings. The molecule has 6 heteroatoms. The van der Waals surface area contributed by atoms with Crippen molar-refractivity contribution in [3.63, 3.8) is 0 Å². The number of hydrogen-bond donors (Lipinski definition) is 1. The second kappa shape index (κ2) is 7.60. The summed E-state index contributed by atoms with van der Waals surface area (Å²) in [7, 11) is 1.31. The lowest BCUT2D eigenvalue weighted by molar-refractivity contribution is 0.0593. The first-order chi connectivity index (χ1) is 8.63. The van der Waals surface area contributed by atoms with Gasteiger partial charge in [-0.05, 0) is 5.92 Å². The first-order valence-corrected chi connectivity index (χ1v) is 5.85. The van der Waals surface area contributed by atoms with Gasteiger partial charge in [-0.3, -0.25) is 0 Å². The zero-order valence-corrected chi connectivity index (χ0v) is 11.0. The largest absolute Gasteiger partial charge is 0.464 e. The van der Waals surface area contributed by atoms with E-state index in [0.717, 1.165) is 6.61 Å². The number of nitrogens with one attached hydrogen (secondary N) is 1. The van der Waals surface area contributed by atoms with Gasteiger partial charge in [0.1, 0.15) is 5.82 Å². The number of aromatic nitrogens is 2. The van der Waals surface area contributed by atoms with Crippen molar-refractivity contribution < 1.29 is 14.3 Å². The fourth-order valence-electron chi connectivity index (χ4n) is 1.20. The fraction of sp³-hybridized carbons (Fsp3) is 0.583. The Hall–Kier alpha value is -1.69. The van der Waals surface area contributed by atoms with E-state index in [1.807, 2.05) is 0 Å². The van der Waals surface area contributed by atoms with Crippen LogP contribution in [0.2, 0.25) is 0 Å². The van der Waals surface area contributed by atoms with Crippen LogP contribution in [0.1, 0.15) is 24.3 Å². The van der Waals surface area contributed by atoms with Crippen LogP contribution >= 0.6 is 0 Å². The fourth-order valence-corrected chi connectivity index (χ4v) is 1.20. The Labute approximate surface area is 107 Å². The monoisotopic (exact) mass is 253 g/mol. The van der Waals surface area contributed by atoms with Gasteiger partial charge < -0.3 is 14.8 Å². The molecule has 1 heterocycles. The normalized spacial score (nSPS) is 10.4. The summed E-state index contributed by atoms with van der Waals surface area (Å²) >= 11 is 0. The van der Waals surface area contributed by atoms with Crippen LogP contribution in [-0.2, 0) is 9.47 Å². The number of rotatable bonds is 7. The third kappa shape index (κ3) is 5.09. The van der Waals surface area contributed by atoms with Gasteiger partial charge in [0.15, 0.2) is 5.69 Å². The molecule has 100 valence electrons. The molecule has 0 bridgehead atoms. The highest BCUT2D eigenvalue weighted by Crippen LogP contribution is 2.01. The van der Waals surface area contributed by atoms with Crippen molar-refractivity contribution in [2.75, 3.05) is 32.2 Å². The molecule has 0 aromatic carbocycles. The van der Waals surface area contributed by atoms with Crippen molar-refractivity contribution in [2.45, 2.75) is 13.8 Å². The standard InChI is InChI=1S/C12H19N3O3/c1-9(2)8-18-5-4-13-11-7-14-10(6-15-11)12(16)17-3/h6-7,9H,4-5,8H2,1-3H3,(H,13,15). The molecule has 1 rings (SSSR count). The predicted octanol–water partition coefficient (Wildman–Crippen LogP) is 1.35. The summed E-state index contributed by atoms with van der Waals surface area (Å²) in [4.78, 5) is 19.1. The molecule has 1 N–H and O–H groups in total. The molecule has 0 spiro atoms. The SMILES string of the molecule is COC(=O)c1cnc(NCCOCC(C)C)cn1. The quantitative estimate of drug-likeness (QED) is 0.584. The van der Waals surface area contributed by atoms with Gasteiger partial charge in [0.25, 0.3) is 0 Å². The van der Waals surface area contributed by atoms with Crippen LogP contribution in [-0.4, -0.2) is 42.8 Å². The molecule has 0 unspecified atom stereocenters. The van der Waals surface area contributed by atoms with E-state index in [4.69, 9.17) is 4.74 Å². The highest BCUT2D eigenvalue weighted by atomic mass is 16.5. The van der Waals surface area contributed by atoms with Gasteiger partial charge in [0, 0.05) is 13.2 Å². The summed E-state index contributed by atoms with van der Waals surface area (Å²) in [5.41, 5.74) is 0.194. The van der Waals surface area contributed by atoms with E-state index in [2.05, 4.69) is 33.9 Å². The van der Waals surface area contributed by atoms with Crippen molar-refractivity contribution in [1.29, 1.82) is 0 Å². The number of methoxy groups -OCH3 is 1. The van der Waals surface area contributed by atoms with E-state index in [1.165, 1.54) is 19.5 Å². The lowest BCUT2D eigenvalue weighted by Gasteiger charge is -2.08. The minimum absolute atomic E-state index is 0.194. The molecule has 0 aliphatic carbocycles. The Bertz CT molecular complexity index is 365. The van der Waals surface area contributed by atoms with Crippen molar-refractivity contribution >= 4 is 11.8 Å². The molecule has 0 saturated carbocycles. The molecule has 0 aliphatic rings. The maximum Gasteiger partial charge on any atom is 0.358 e. The highest BCUT2D eigenvalue weighted by Gasteiger charge is 2.06. The van der Waals surface area contributed by atoms with Gasteiger partial charge >= 0.3 is 5.97 Å². The molecule has 0 amide bonds. The van der Waals surface area contributed by atoms with E-state index in [1.54, 1.807) is 0 Å². The minimum atomic E-state index is -0.491. The van der Waals surface area contributed by atoms with Gasteiger partial charge in [0.05, 0.1) is 26.1 Å². The average molecular weight is 253 g/mol. The summed E-state index contributed by atoms with van der Waals surface area (Å²) < 4.78 is 9.94. The van der Waals surface area contributed by atoms with Crippen LogP contribution in [0.3, 0.4) is 0 Å². The van der Waals surface area contributed by atoms with Gasteiger partial charge in [-0.15, -0.1) is 0 Å². The summed E-state index contributed by atoms with van der Waals surface area (Å²) in [6.45, 7) is 6.21. The number of carbonyl (C=O) groups excluding carboxylic acids is 1. The minimum Gasteiger partial charge on any atom is -0.464 e. The van der Waals surface area contributed by atoms with Crippen LogP contribution in [0.15, 0.2) is 12.4 Å². The predicted molar refractivity (Wildman–Crippen MR) is 67.5 cm³/mol. The summed E-state index contributed by atoms with van der Waals surface area (Å²) in [5, 5.41) is 3.05. The molecule has 0 atom stereocenters. The Kier molecular flexibility index (Phi) is 6.07. The number of carbonyl (C=O) groups is 1. The molecule has 0 saturated heterocycles. The molecule has 6 nitrogen and oxygen atoms in total. The van der Waals surface area contributed by atoms with E-state index < -0.39 is 5.97 Å². The van der Waals surface area contributed by atoms with Gasteiger partial charge in [-0.1, -0.05) is 13.8 Å². The van der Waals surface area contributed by atoms with Crippen LogP contribution in [0.5, 0.6) is 0 Å². The third-order valence-electron chi connectivity index (χ3n) is 2.05. The smallest absolute Gasteiger partial charge is 0.358 e. The van der Waals surface area contributed by atoms with Crippen LogP contribution in [0.25, 0.3) is 0 Å². The maximum atomic E-state index is 11.1. The molecule has 18 heavy (non-hydrogen) atoms. The van der Waals surface area contributed by atoms with E-state index >= 15 is 0 Å². The number of esters is 1. The molecular formula is C12H19N3O3. The summed E-state index contributed by atoms with van der Waals surface area (Å²) in [6, 6.07) is 0. The molecule has 0 radical (unpaired) electrons. The topological polar surface area (TPSA) is 73.3 Å². The Morgan fingerprint density at radius 3 is 2.72 bits per heavy atom. The van der Waals surface area contributed by atoms with Crippen molar-refractivity contribution in [1.82, 2.24) is 9.97 Å².